The molecule has 1 aromatic rings. The van der Waals surface area contributed by atoms with Crippen molar-refractivity contribution in [3.05, 3.63) is 11.4 Å². The summed E-state index contributed by atoms with van der Waals surface area (Å²) in [6.07, 6.45) is 1.78. The number of aromatic nitrogens is 2. The molecule has 114 valence electrons. The standard InChI is InChI=1S/C14H26N4O2/c1-4-6-15-13-11(3)14(17-12(5-2)16-13)18(7-9-19)8-10-20/h19-20H,4-10H2,1-3H3,(H,15,16,17). The van der Waals surface area contributed by atoms with Gasteiger partial charge in [-0.25, -0.2) is 9.97 Å². The smallest absolute Gasteiger partial charge is 0.137 e. The van der Waals surface area contributed by atoms with E-state index in [9.17, 15) is 10.2 Å². The van der Waals surface area contributed by atoms with Crippen molar-refractivity contribution in [2.75, 3.05) is 43.1 Å². The second-order valence-corrected chi connectivity index (χ2v) is 4.65. The van der Waals surface area contributed by atoms with Crippen molar-refractivity contribution in [2.45, 2.75) is 33.6 Å². The number of aliphatic hydroxyl groups excluding tert-OH is 2. The summed E-state index contributed by atoms with van der Waals surface area (Å²) in [5.74, 6) is 2.40. The molecule has 0 aliphatic rings. The van der Waals surface area contributed by atoms with Crippen molar-refractivity contribution in [2.24, 2.45) is 0 Å². The number of aliphatic hydroxyl groups is 2. The summed E-state index contributed by atoms with van der Waals surface area (Å²) in [7, 11) is 0. The van der Waals surface area contributed by atoms with Gasteiger partial charge in [-0.05, 0) is 13.3 Å². The van der Waals surface area contributed by atoms with E-state index in [2.05, 4.69) is 22.2 Å². The van der Waals surface area contributed by atoms with Crippen LogP contribution in [0.3, 0.4) is 0 Å². The quantitative estimate of drug-likeness (QED) is 0.626. The third-order valence-electron chi connectivity index (χ3n) is 3.06. The van der Waals surface area contributed by atoms with E-state index < -0.39 is 0 Å². The number of hydrogen-bond acceptors (Lipinski definition) is 6. The molecule has 0 aliphatic carbocycles. The average molecular weight is 282 g/mol. The van der Waals surface area contributed by atoms with Crippen LogP contribution in [0.5, 0.6) is 0 Å². The van der Waals surface area contributed by atoms with E-state index >= 15 is 0 Å². The second kappa shape index (κ2) is 8.71. The predicted octanol–water partition coefficient (Wildman–Crippen LogP) is 0.960. The molecular formula is C14H26N4O2. The van der Waals surface area contributed by atoms with Gasteiger partial charge in [-0.15, -0.1) is 0 Å². The molecule has 1 aromatic heterocycles. The Morgan fingerprint density at radius 1 is 1.10 bits per heavy atom. The maximum atomic E-state index is 9.17. The van der Waals surface area contributed by atoms with Gasteiger partial charge in [0.25, 0.3) is 0 Å². The summed E-state index contributed by atoms with van der Waals surface area (Å²) in [5.41, 5.74) is 0.956. The zero-order valence-corrected chi connectivity index (χ0v) is 12.7. The number of aryl methyl sites for hydroxylation is 1. The van der Waals surface area contributed by atoms with Crippen LogP contribution in [0.1, 0.15) is 31.7 Å². The Morgan fingerprint density at radius 3 is 2.25 bits per heavy atom. The summed E-state index contributed by atoms with van der Waals surface area (Å²) in [6.45, 7) is 7.92. The van der Waals surface area contributed by atoms with Gasteiger partial charge in [-0.3, -0.25) is 0 Å². The Kier molecular flexibility index (Phi) is 7.25. The van der Waals surface area contributed by atoms with Crippen LogP contribution in [0.25, 0.3) is 0 Å². The molecule has 0 aliphatic heterocycles. The van der Waals surface area contributed by atoms with Gasteiger partial charge >= 0.3 is 0 Å². The van der Waals surface area contributed by atoms with Crippen LogP contribution in [0.4, 0.5) is 11.6 Å². The number of rotatable bonds is 9. The number of hydrogen-bond donors (Lipinski definition) is 3. The molecule has 0 saturated heterocycles. The highest BCUT2D eigenvalue weighted by Gasteiger charge is 2.15. The Labute approximate surface area is 120 Å². The maximum absolute atomic E-state index is 9.17. The van der Waals surface area contributed by atoms with Gasteiger partial charge in [0.15, 0.2) is 0 Å². The molecule has 0 amide bonds. The molecule has 0 bridgehead atoms. The largest absolute Gasteiger partial charge is 0.395 e. The summed E-state index contributed by atoms with van der Waals surface area (Å²) in [5, 5.41) is 21.7. The lowest BCUT2D eigenvalue weighted by atomic mass is 10.2. The number of anilines is 2. The SMILES string of the molecule is CCCNc1nc(CC)nc(N(CCO)CCO)c1C. The molecule has 0 aromatic carbocycles. The molecule has 0 unspecified atom stereocenters. The number of nitrogens with zero attached hydrogens (tertiary/aromatic N) is 3. The minimum absolute atomic E-state index is 0.0304. The van der Waals surface area contributed by atoms with E-state index in [0.717, 1.165) is 42.4 Å². The first kappa shape index (κ1) is 16.7. The first-order valence-electron chi connectivity index (χ1n) is 7.25. The lowest BCUT2D eigenvalue weighted by Crippen LogP contribution is -2.31. The van der Waals surface area contributed by atoms with Crippen LogP contribution in [-0.4, -0.2) is 53.0 Å². The Morgan fingerprint density at radius 2 is 1.75 bits per heavy atom. The monoisotopic (exact) mass is 282 g/mol. The van der Waals surface area contributed by atoms with Gasteiger partial charge in [0.1, 0.15) is 17.5 Å². The van der Waals surface area contributed by atoms with Crippen LogP contribution in [0.2, 0.25) is 0 Å². The van der Waals surface area contributed by atoms with E-state index in [1.807, 2.05) is 18.7 Å². The molecule has 0 fully saturated rings. The highest BCUT2D eigenvalue weighted by molar-refractivity contribution is 5.58. The first-order valence-corrected chi connectivity index (χ1v) is 7.25. The minimum atomic E-state index is 0.0304. The molecule has 1 rings (SSSR count). The average Bonchev–Trinajstić information content (AvgIpc) is 2.46. The van der Waals surface area contributed by atoms with Crippen LogP contribution in [0, 0.1) is 6.92 Å². The summed E-state index contributed by atoms with van der Waals surface area (Å²) < 4.78 is 0. The molecule has 1 heterocycles. The first-order chi connectivity index (χ1) is 9.67. The third kappa shape index (κ3) is 4.31. The van der Waals surface area contributed by atoms with Gasteiger partial charge in [-0.2, -0.15) is 0 Å². The van der Waals surface area contributed by atoms with Gasteiger partial charge in [0.05, 0.1) is 13.2 Å². The molecular weight excluding hydrogens is 256 g/mol. The maximum Gasteiger partial charge on any atom is 0.137 e. The van der Waals surface area contributed by atoms with Crippen molar-refractivity contribution in [1.29, 1.82) is 0 Å². The molecule has 0 atom stereocenters. The highest BCUT2D eigenvalue weighted by Crippen LogP contribution is 2.23. The van der Waals surface area contributed by atoms with Crippen molar-refractivity contribution in [1.82, 2.24) is 9.97 Å². The fourth-order valence-corrected chi connectivity index (χ4v) is 2.00. The summed E-state index contributed by atoms with van der Waals surface area (Å²) in [4.78, 5) is 11.0. The van der Waals surface area contributed by atoms with E-state index in [-0.39, 0.29) is 13.2 Å². The molecule has 6 heteroatoms. The van der Waals surface area contributed by atoms with E-state index in [4.69, 9.17) is 0 Å². The lowest BCUT2D eigenvalue weighted by Gasteiger charge is -2.25. The fourth-order valence-electron chi connectivity index (χ4n) is 2.00. The zero-order valence-electron chi connectivity index (χ0n) is 12.7. The molecule has 20 heavy (non-hydrogen) atoms. The van der Waals surface area contributed by atoms with Gasteiger partial charge < -0.3 is 20.4 Å². The second-order valence-electron chi connectivity index (χ2n) is 4.65. The third-order valence-corrected chi connectivity index (χ3v) is 3.06. The Balaban J connectivity index is 3.13. The molecule has 0 saturated carbocycles. The fraction of sp³-hybridized carbons (Fsp3) is 0.714. The van der Waals surface area contributed by atoms with Gasteiger partial charge in [-0.1, -0.05) is 13.8 Å². The van der Waals surface area contributed by atoms with E-state index in [0.29, 0.717) is 13.1 Å². The van der Waals surface area contributed by atoms with Gasteiger partial charge in [0.2, 0.25) is 0 Å². The van der Waals surface area contributed by atoms with E-state index in [1.54, 1.807) is 0 Å². The van der Waals surface area contributed by atoms with E-state index in [1.165, 1.54) is 0 Å². The molecule has 6 nitrogen and oxygen atoms in total. The van der Waals surface area contributed by atoms with Crippen LogP contribution in [0.15, 0.2) is 0 Å². The Hall–Kier alpha value is -1.40. The van der Waals surface area contributed by atoms with Crippen molar-refractivity contribution in [3.8, 4) is 0 Å². The van der Waals surface area contributed by atoms with Crippen LogP contribution >= 0.6 is 0 Å². The molecule has 0 spiro atoms. The predicted molar refractivity (Wildman–Crippen MR) is 81.3 cm³/mol. The van der Waals surface area contributed by atoms with Crippen molar-refractivity contribution < 1.29 is 10.2 Å². The minimum Gasteiger partial charge on any atom is -0.395 e. The summed E-state index contributed by atoms with van der Waals surface area (Å²) in [6, 6.07) is 0. The van der Waals surface area contributed by atoms with Gasteiger partial charge in [0, 0.05) is 31.6 Å². The highest BCUT2D eigenvalue weighted by atomic mass is 16.3. The summed E-state index contributed by atoms with van der Waals surface area (Å²) >= 11 is 0. The van der Waals surface area contributed by atoms with Crippen LogP contribution < -0.4 is 10.2 Å². The number of nitrogens with one attached hydrogen (secondary N) is 1. The topological polar surface area (TPSA) is 81.5 Å². The normalized spacial score (nSPS) is 10.7. The van der Waals surface area contributed by atoms with Crippen molar-refractivity contribution >= 4 is 11.6 Å². The molecule has 3 N–H and O–H groups in total. The van der Waals surface area contributed by atoms with Crippen molar-refractivity contribution in [3.63, 3.8) is 0 Å². The lowest BCUT2D eigenvalue weighted by molar-refractivity contribution is 0.280. The zero-order chi connectivity index (χ0) is 15.0. The van der Waals surface area contributed by atoms with Crippen LogP contribution in [-0.2, 0) is 6.42 Å². The molecule has 0 radical (unpaired) electrons. The Bertz CT molecular complexity index is 406.